The maximum absolute atomic E-state index is 12.9. The summed E-state index contributed by atoms with van der Waals surface area (Å²) in [5, 5.41) is 10.6. The van der Waals surface area contributed by atoms with E-state index in [0.717, 1.165) is 56.8 Å². The molecule has 3 rings (SSSR count). The van der Waals surface area contributed by atoms with Crippen LogP contribution < -0.4 is 21.7 Å². The Kier molecular flexibility index (Phi) is 17.4. The highest BCUT2D eigenvalue weighted by atomic mass is 35.5. The predicted octanol–water partition coefficient (Wildman–Crippen LogP) is 3.35. The number of pyridine rings is 1. The van der Waals surface area contributed by atoms with Crippen molar-refractivity contribution in [3.8, 4) is 0 Å². The van der Waals surface area contributed by atoms with Crippen molar-refractivity contribution >= 4 is 55.4 Å². The van der Waals surface area contributed by atoms with Gasteiger partial charge in [-0.2, -0.15) is 0 Å². The summed E-state index contributed by atoms with van der Waals surface area (Å²) < 4.78 is 12.9. The van der Waals surface area contributed by atoms with Crippen LogP contribution in [-0.4, -0.2) is 43.7 Å². The molecule has 31 heavy (non-hydrogen) atoms. The molecule has 0 radical (unpaired) electrons. The van der Waals surface area contributed by atoms with Crippen molar-refractivity contribution in [2.45, 2.75) is 25.8 Å². The number of nitrogens with zero attached hydrogens (tertiary/aromatic N) is 1. The average Bonchev–Trinajstić information content (AvgIpc) is 3.05. The number of nitrogens with one attached hydrogen (secondary N) is 3. The van der Waals surface area contributed by atoms with Gasteiger partial charge in [0.05, 0.1) is 0 Å². The quantitative estimate of drug-likeness (QED) is 0.384. The molecule has 2 aromatic rings. The Morgan fingerprint density at radius 1 is 1.03 bits per heavy atom. The lowest BCUT2D eigenvalue weighted by molar-refractivity contribution is 0.419. The van der Waals surface area contributed by atoms with Crippen molar-refractivity contribution in [2.24, 2.45) is 5.92 Å². The third kappa shape index (κ3) is 11.0. The second-order valence-electron chi connectivity index (χ2n) is 7.37. The van der Waals surface area contributed by atoms with E-state index in [1.54, 1.807) is 0 Å². The molecule has 1 aromatic heterocycles. The predicted molar refractivity (Wildman–Crippen MR) is 137 cm³/mol. The van der Waals surface area contributed by atoms with Gasteiger partial charge in [0.1, 0.15) is 11.6 Å². The standard InChI is InChI=1S/C21H30FN5.4ClH/c1-15-10-19(27-21(23)11-15)12-17-13-25-14-20(17)26-9-8-24-7-6-16-2-4-18(22)5-3-16;;;;/h2-5,10-11,17,20,24-26H,6-9,12-14H2,1H3,(H2,23,27);4*1H/t17-,20-;;;;/m0..../s1. The fourth-order valence-electron chi connectivity index (χ4n) is 3.68. The second kappa shape index (κ2) is 16.7. The summed E-state index contributed by atoms with van der Waals surface area (Å²) in [4.78, 5) is 4.47. The van der Waals surface area contributed by atoms with Crippen LogP contribution >= 0.6 is 49.6 Å². The van der Waals surface area contributed by atoms with Crippen LogP contribution in [0.5, 0.6) is 0 Å². The average molecular weight is 517 g/mol. The van der Waals surface area contributed by atoms with Crippen molar-refractivity contribution in [2.75, 3.05) is 38.5 Å². The van der Waals surface area contributed by atoms with E-state index in [1.165, 1.54) is 17.7 Å². The molecule has 0 spiro atoms. The summed E-state index contributed by atoms with van der Waals surface area (Å²) in [5.74, 6) is 0.947. The van der Waals surface area contributed by atoms with Crippen molar-refractivity contribution < 1.29 is 4.39 Å². The lowest BCUT2D eigenvalue weighted by Crippen LogP contribution is -2.40. The van der Waals surface area contributed by atoms with Gasteiger partial charge in [-0.05, 0) is 74.2 Å². The highest BCUT2D eigenvalue weighted by molar-refractivity contribution is 5.86. The summed E-state index contributed by atoms with van der Waals surface area (Å²) in [6.07, 6.45) is 1.85. The first-order valence-corrected chi connectivity index (χ1v) is 9.72. The monoisotopic (exact) mass is 515 g/mol. The molecule has 1 saturated heterocycles. The smallest absolute Gasteiger partial charge is 0.123 e. The van der Waals surface area contributed by atoms with Crippen LogP contribution in [0.2, 0.25) is 0 Å². The Labute approximate surface area is 209 Å². The topological polar surface area (TPSA) is 75.0 Å². The van der Waals surface area contributed by atoms with Crippen LogP contribution in [0, 0.1) is 18.7 Å². The van der Waals surface area contributed by atoms with E-state index >= 15 is 0 Å². The van der Waals surface area contributed by atoms with Gasteiger partial charge in [-0.25, -0.2) is 9.37 Å². The van der Waals surface area contributed by atoms with Crippen LogP contribution in [0.4, 0.5) is 10.2 Å². The van der Waals surface area contributed by atoms with Gasteiger partial charge in [-0.1, -0.05) is 12.1 Å². The number of nitrogen functional groups attached to an aromatic ring is 1. The molecule has 0 unspecified atom stereocenters. The minimum Gasteiger partial charge on any atom is -0.384 e. The van der Waals surface area contributed by atoms with Crippen molar-refractivity contribution in [3.05, 3.63) is 59.0 Å². The summed E-state index contributed by atoms with van der Waals surface area (Å²) >= 11 is 0. The number of anilines is 1. The fraction of sp³-hybridized carbons (Fsp3) is 0.476. The highest BCUT2D eigenvalue weighted by Crippen LogP contribution is 2.17. The maximum atomic E-state index is 12.9. The lowest BCUT2D eigenvalue weighted by Gasteiger charge is -2.20. The number of nitrogens with two attached hydrogens (primary N) is 1. The maximum Gasteiger partial charge on any atom is 0.123 e. The van der Waals surface area contributed by atoms with Gasteiger partial charge >= 0.3 is 0 Å². The zero-order chi connectivity index (χ0) is 19.1. The van der Waals surface area contributed by atoms with Crippen LogP contribution in [0.15, 0.2) is 36.4 Å². The first-order chi connectivity index (χ1) is 13.1. The lowest BCUT2D eigenvalue weighted by atomic mass is 9.97. The molecule has 178 valence electrons. The Balaban J connectivity index is 0. The third-order valence-corrected chi connectivity index (χ3v) is 5.07. The van der Waals surface area contributed by atoms with E-state index in [4.69, 9.17) is 5.73 Å². The minimum absolute atomic E-state index is 0. The van der Waals surface area contributed by atoms with Gasteiger partial charge in [0, 0.05) is 31.4 Å². The van der Waals surface area contributed by atoms with Crippen LogP contribution in [0.3, 0.4) is 0 Å². The Morgan fingerprint density at radius 2 is 1.74 bits per heavy atom. The van der Waals surface area contributed by atoms with Gasteiger partial charge in [0.25, 0.3) is 0 Å². The first kappa shape index (κ1) is 32.3. The summed E-state index contributed by atoms with van der Waals surface area (Å²) in [6.45, 7) is 6.79. The van der Waals surface area contributed by atoms with Crippen LogP contribution in [-0.2, 0) is 12.8 Å². The Morgan fingerprint density at radius 3 is 2.42 bits per heavy atom. The molecule has 10 heteroatoms. The van der Waals surface area contributed by atoms with E-state index in [9.17, 15) is 4.39 Å². The number of benzene rings is 1. The largest absolute Gasteiger partial charge is 0.384 e. The van der Waals surface area contributed by atoms with E-state index < -0.39 is 0 Å². The minimum atomic E-state index is -0.181. The fourth-order valence-corrected chi connectivity index (χ4v) is 3.68. The number of hydrogen-bond donors (Lipinski definition) is 4. The van der Waals surface area contributed by atoms with Crippen LogP contribution in [0.1, 0.15) is 16.8 Å². The summed E-state index contributed by atoms with van der Waals surface area (Å²) in [7, 11) is 0. The van der Waals surface area contributed by atoms with Gasteiger partial charge < -0.3 is 21.7 Å². The first-order valence-electron chi connectivity index (χ1n) is 9.72. The molecule has 1 aliphatic rings. The molecule has 0 bridgehead atoms. The molecule has 0 aliphatic carbocycles. The molecule has 2 atom stereocenters. The summed E-state index contributed by atoms with van der Waals surface area (Å²) in [5.41, 5.74) is 9.27. The molecule has 1 fully saturated rings. The van der Waals surface area contributed by atoms with Gasteiger partial charge in [0.2, 0.25) is 0 Å². The molecule has 0 saturated carbocycles. The highest BCUT2D eigenvalue weighted by Gasteiger charge is 2.26. The van der Waals surface area contributed by atoms with E-state index in [-0.39, 0.29) is 55.4 Å². The number of halogens is 5. The Hall–Kier alpha value is -0.860. The Bertz CT molecular complexity index is 716. The number of rotatable bonds is 9. The molecule has 2 heterocycles. The molecule has 1 aromatic carbocycles. The zero-order valence-electron chi connectivity index (χ0n) is 17.6. The normalized spacial score (nSPS) is 17.0. The number of hydrogen-bond acceptors (Lipinski definition) is 5. The molecular weight excluding hydrogens is 483 g/mol. The van der Waals surface area contributed by atoms with E-state index in [2.05, 4.69) is 33.9 Å². The van der Waals surface area contributed by atoms with Gasteiger partial charge in [-0.15, -0.1) is 49.6 Å². The molecular formula is C21H34Cl4FN5. The van der Waals surface area contributed by atoms with Gasteiger partial charge in [-0.3, -0.25) is 0 Å². The van der Waals surface area contributed by atoms with E-state index in [0.29, 0.717) is 17.8 Å². The van der Waals surface area contributed by atoms with Gasteiger partial charge in [0.15, 0.2) is 0 Å². The van der Waals surface area contributed by atoms with E-state index in [1.807, 2.05) is 18.2 Å². The molecule has 5 nitrogen and oxygen atoms in total. The zero-order valence-corrected chi connectivity index (χ0v) is 20.9. The van der Waals surface area contributed by atoms with Crippen LogP contribution in [0.25, 0.3) is 0 Å². The van der Waals surface area contributed by atoms with Crippen molar-refractivity contribution in [1.29, 1.82) is 0 Å². The SMILES string of the molecule is Cc1cc(N)nc(C[C@H]2CNC[C@@H]2NCCNCCc2ccc(F)cc2)c1.Cl.Cl.Cl.Cl. The number of aromatic nitrogens is 1. The van der Waals surface area contributed by atoms with Crippen molar-refractivity contribution in [1.82, 2.24) is 20.9 Å². The molecule has 5 N–H and O–H groups in total. The molecule has 0 amide bonds. The second-order valence-corrected chi connectivity index (χ2v) is 7.37. The van der Waals surface area contributed by atoms with Crippen molar-refractivity contribution in [3.63, 3.8) is 0 Å². The number of aryl methyl sites for hydroxylation is 1. The summed E-state index contributed by atoms with van der Waals surface area (Å²) in [6, 6.07) is 11.2. The third-order valence-electron chi connectivity index (χ3n) is 5.07. The molecule has 1 aliphatic heterocycles.